The molecule has 4 aromatic rings. The summed E-state index contributed by atoms with van der Waals surface area (Å²) >= 11 is 6.18. The van der Waals surface area contributed by atoms with E-state index in [1.165, 1.54) is 18.4 Å². The summed E-state index contributed by atoms with van der Waals surface area (Å²) in [5.41, 5.74) is 1.15. The van der Waals surface area contributed by atoms with E-state index in [9.17, 15) is 9.59 Å². The second kappa shape index (κ2) is 7.25. The van der Waals surface area contributed by atoms with Crippen molar-refractivity contribution in [3.8, 4) is 16.9 Å². The van der Waals surface area contributed by atoms with Crippen LogP contribution in [0.4, 0.5) is 0 Å². The number of carbonyl (C=O) groups is 1. The summed E-state index contributed by atoms with van der Waals surface area (Å²) in [6.07, 6.45) is 1.38. The summed E-state index contributed by atoms with van der Waals surface area (Å²) in [7, 11) is 0. The van der Waals surface area contributed by atoms with Crippen molar-refractivity contribution in [2.75, 3.05) is 0 Å². The molecule has 0 aliphatic heterocycles. The fourth-order valence-electron chi connectivity index (χ4n) is 2.79. The van der Waals surface area contributed by atoms with Gasteiger partial charge in [0.2, 0.25) is 11.2 Å². The molecule has 4 rings (SSSR count). The molecule has 0 spiro atoms. The van der Waals surface area contributed by atoms with Crippen LogP contribution in [-0.2, 0) is 6.61 Å². The molecule has 0 aliphatic carbocycles. The van der Waals surface area contributed by atoms with Gasteiger partial charge in [0, 0.05) is 16.7 Å². The van der Waals surface area contributed by atoms with Gasteiger partial charge >= 0.3 is 5.97 Å². The lowest BCUT2D eigenvalue weighted by Gasteiger charge is -2.07. The fourth-order valence-corrected chi connectivity index (χ4v) is 3.03. The van der Waals surface area contributed by atoms with Gasteiger partial charge in [-0.15, -0.1) is 0 Å². The van der Waals surface area contributed by atoms with Crippen LogP contribution in [0.1, 0.15) is 16.3 Å². The predicted octanol–water partition coefficient (Wildman–Crippen LogP) is 4.98. The Morgan fingerprint density at radius 2 is 1.89 bits per heavy atom. The Kier molecular flexibility index (Phi) is 4.63. The van der Waals surface area contributed by atoms with Crippen molar-refractivity contribution in [1.82, 2.24) is 0 Å². The molecular formula is C21H13ClO6. The maximum absolute atomic E-state index is 12.8. The number of benzene rings is 2. The molecule has 1 N–H and O–H groups in total. The van der Waals surface area contributed by atoms with Crippen LogP contribution in [0.15, 0.2) is 74.5 Å². The first-order valence-corrected chi connectivity index (χ1v) is 8.66. The third kappa shape index (κ3) is 3.37. The zero-order valence-electron chi connectivity index (χ0n) is 14.3. The topological polar surface area (TPSA) is 89.9 Å². The Morgan fingerprint density at radius 1 is 1.07 bits per heavy atom. The van der Waals surface area contributed by atoms with Crippen molar-refractivity contribution in [3.05, 3.63) is 87.6 Å². The number of carboxylic acid groups (broad SMARTS) is 1. The standard InChI is InChI=1S/C21H13ClO6/c22-17-4-2-1-3-14(17)16-11-27-19-9-12(5-7-15(19)20(16)23)26-10-13-6-8-18(28-13)21(24)25/h1-9,11H,10H2,(H,24,25). The lowest BCUT2D eigenvalue weighted by Crippen LogP contribution is -2.05. The number of ether oxygens (including phenoxy) is 1. The molecule has 6 nitrogen and oxygen atoms in total. The Balaban J connectivity index is 1.61. The molecular weight excluding hydrogens is 384 g/mol. The molecule has 7 heteroatoms. The summed E-state index contributed by atoms with van der Waals surface area (Å²) in [5, 5.41) is 9.73. The molecule has 0 unspecified atom stereocenters. The van der Waals surface area contributed by atoms with Crippen molar-refractivity contribution < 1.29 is 23.5 Å². The zero-order valence-corrected chi connectivity index (χ0v) is 15.1. The van der Waals surface area contributed by atoms with Crippen LogP contribution in [0, 0.1) is 0 Å². The second-order valence-corrected chi connectivity index (χ2v) is 6.38. The molecule has 140 valence electrons. The maximum Gasteiger partial charge on any atom is 0.371 e. The minimum absolute atomic E-state index is 0.0424. The van der Waals surface area contributed by atoms with Gasteiger partial charge in [0.15, 0.2) is 0 Å². The molecule has 0 radical (unpaired) electrons. The van der Waals surface area contributed by atoms with E-state index in [0.717, 1.165) is 0 Å². The molecule has 2 aromatic heterocycles. The number of carboxylic acids is 1. The Labute approximate surface area is 163 Å². The number of fused-ring (bicyclic) bond motifs is 1. The number of hydrogen-bond acceptors (Lipinski definition) is 5. The van der Waals surface area contributed by atoms with E-state index in [4.69, 9.17) is 30.3 Å². The fraction of sp³-hybridized carbons (Fsp3) is 0.0476. The van der Waals surface area contributed by atoms with E-state index < -0.39 is 5.97 Å². The number of furan rings is 1. The van der Waals surface area contributed by atoms with E-state index >= 15 is 0 Å². The van der Waals surface area contributed by atoms with E-state index in [0.29, 0.717) is 38.6 Å². The van der Waals surface area contributed by atoms with Gasteiger partial charge in [-0.05, 0) is 30.3 Å². The smallest absolute Gasteiger partial charge is 0.371 e. The number of aromatic carboxylic acids is 1. The first kappa shape index (κ1) is 17.9. The third-order valence-corrected chi connectivity index (χ3v) is 4.49. The molecule has 2 heterocycles. The van der Waals surface area contributed by atoms with Crippen molar-refractivity contribution >= 4 is 28.5 Å². The van der Waals surface area contributed by atoms with Gasteiger partial charge in [-0.25, -0.2) is 4.79 Å². The molecule has 0 fully saturated rings. The van der Waals surface area contributed by atoms with Gasteiger partial charge in [0.05, 0.1) is 10.9 Å². The molecule has 0 bridgehead atoms. The average molecular weight is 397 g/mol. The highest BCUT2D eigenvalue weighted by Crippen LogP contribution is 2.28. The minimum Gasteiger partial charge on any atom is -0.486 e. The van der Waals surface area contributed by atoms with E-state index in [1.807, 2.05) is 0 Å². The van der Waals surface area contributed by atoms with Crippen LogP contribution in [0.2, 0.25) is 5.02 Å². The largest absolute Gasteiger partial charge is 0.486 e. The molecule has 0 amide bonds. The van der Waals surface area contributed by atoms with Gasteiger partial charge < -0.3 is 18.7 Å². The Bertz CT molecular complexity index is 1240. The normalized spacial score (nSPS) is 10.9. The lowest BCUT2D eigenvalue weighted by atomic mass is 10.1. The second-order valence-electron chi connectivity index (χ2n) is 5.98. The van der Waals surface area contributed by atoms with Crippen molar-refractivity contribution in [3.63, 3.8) is 0 Å². The minimum atomic E-state index is -1.15. The van der Waals surface area contributed by atoms with Gasteiger partial charge in [-0.2, -0.15) is 0 Å². The molecule has 0 saturated heterocycles. The highest BCUT2D eigenvalue weighted by Gasteiger charge is 2.13. The number of hydrogen-bond donors (Lipinski definition) is 1. The van der Waals surface area contributed by atoms with E-state index in [-0.39, 0.29) is 17.8 Å². The number of halogens is 1. The summed E-state index contributed by atoms with van der Waals surface area (Å²) in [6.45, 7) is 0.0424. The lowest BCUT2D eigenvalue weighted by molar-refractivity contribution is 0.0658. The van der Waals surface area contributed by atoms with Crippen LogP contribution in [0.25, 0.3) is 22.1 Å². The molecule has 28 heavy (non-hydrogen) atoms. The summed E-state index contributed by atoms with van der Waals surface area (Å²) < 4.78 is 16.4. The maximum atomic E-state index is 12.8. The van der Waals surface area contributed by atoms with E-state index in [1.54, 1.807) is 42.5 Å². The third-order valence-electron chi connectivity index (χ3n) is 4.16. The van der Waals surface area contributed by atoms with Crippen molar-refractivity contribution in [2.45, 2.75) is 6.61 Å². The average Bonchev–Trinajstić information content (AvgIpc) is 3.17. The van der Waals surface area contributed by atoms with Crippen molar-refractivity contribution in [1.29, 1.82) is 0 Å². The molecule has 0 atom stereocenters. The summed E-state index contributed by atoms with van der Waals surface area (Å²) in [5.74, 6) is -0.481. The molecule has 2 aromatic carbocycles. The SMILES string of the molecule is O=C(O)c1ccc(COc2ccc3c(=O)c(-c4ccccc4Cl)coc3c2)o1. The Morgan fingerprint density at radius 3 is 2.64 bits per heavy atom. The van der Waals surface area contributed by atoms with Gasteiger partial charge in [-0.1, -0.05) is 29.8 Å². The summed E-state index contributed by atoms with van der Waals surface area (Å²) in [6, 6.07) is 14.8. The van der Waals surface area contributed by atoms with Gasteiger partial charge in [0.1, 0.15) is 30.0 Å². The summed E-state index contributed by atoms with van der Waals surface area (Å²) in [4.78, 5) is 23.6. The molecule has 0 aliphatic rings. The Hall–Kier alpha value is -3.51. The first-order chi connectivity index (χ1) is 13.5. The molecule has 0 saturated carbocycles. The highest BCUT2D eigenvalue weighted by atomic mass is 35.5. The number of rotatable bonds is 5. The first-order valence-electron chi connectivity index (χ1n) is 8.28. The van der Waals surface area contributed by atoms with Crippen LogP contribution < -0.4 is 10.2 Å². The van der Waals surface area contributed by atoms with Crippen molar-refractivity contribution in [2.24, 2.45) is 0 Å². The quantitative estimate of drug-likeness (QED) is 0.511. The van der Waals surface area contributed by atoms with Crippen LogP contribution >= 0.6 is 11.6 Å². The predicted molar refractivity (Wildman–Crippen MR) is 103 cm³/mol. The van der Waals surface area contributed by atoms with Crippen LogP contribution in [0.3, 0.4) is 0 Å². The van der Waals surface area contributed by atoms with Crippen LogP contribution in [-0.4, -0.2) is 11.1 Å². The monoisotopic (exact) mass is 396 g/mol. The van der Waals surface area contributed by atoms with Crippen LogP contribution in [0.5, 0.6) is 5.75 Å². The highest BCUT2D eigenvalue weighted by molar-refractivity contribution is 6.33. The van der Waals surface area contributed by atoms with Gasteiger partial charge in [-0.3, -0.25) is 4.79 Å². The van der Waals surface area contributed by atoms with E-state index in [2.05, 4.69) is 0 Å². The zero-order chi connectivity index (χ0) is 19.7. The van der Waals surface area contributed by atoms with Gasteiger partial charge in [0.25, 0.3) is 0 Å².